The zero-order valence-corrected chi connectivity index (χ0v) is 40.3. The molecule has 0 rings (SSSR count). The summed E-state index contributed by atoms with van der Waals surface area (Å²) in [6.07, 6.45) is 47.6. The lowest BCUT2D eigenvalue weighted by atomic mass is 10.0. The third kappa shape index (κ3) is 45.4. The number of allylic oxidation sites excluding steroid dienone is 6. The van der Waals surface area contributed by atoms with E-state index in [1.807, 2.05) is 21.1 Å². The molecule has 0 aromatic carbocycles. The van der Waals surface area contributed by atoms with E-state index in [4.69, 9.17) is 18.9 Å². The molecule has 9 nitrogen and oxygen atoms in total. The molecule has 0 aromatic rings. The Balaban J connectivity index is 4.24. The van der Waals surface area contributed by atoms with Gasteiger partial charge in [0.25, 0.3) is 0 Å². The van der Waals surface area contributed by atoms with E-state index in [1.165, 1.54) is 122 Å². The van der Waals surface area contributed by atoms with Gasteiger partial charge in [-0.2, -0.15) is 0 Å². The van der Waals surface area contributed by atoms with Gasteiger partial charge in [0.15, 0.2) is 12.4 Å². The fourth-order valence-corrected chi connectivity index (χ4v) is 6.90. The first kappa shape index (κ1) is 58.5. The van der Waals surface area contributed by atoms with Crippen molar-refractivity contribution in [1.29, 1.82) is 0 Å². The van der Waals surface area contributed by atoms with Gasteiger partial charge in [0.05, 0.1) is 40.3 Å². The second-order valence-corrected chi connectivity index (χ2v) is 18.1. The predicted molar refractivity (Wildman–Crippen MR) is 251 cm³/mol. The van der Waals surface area contributed by atoms with E-state index >= 15 is 0 Å². The highest BCUT2D eigenvalue weighted by Gasteiger charge is 2.21. The SMILES string of the molecule is CCCC/C=C\CCCCCCCC(=O)OCC(COC(OCC[N+](C)(C)C)C(=O)[O-])OC(=O)CCCCCCCCCCCCCCC/C=C\C/C=C\CCCCCCC. The second-order valence-electron chi connectivity index (χ2n) is 18.1. The highest BCUT2D eigenvalue weighted by Crippen LogP contribution is 2.15. The molecule has 356 valence electrons. The van der Waals surface area contributed by atoms with Crippen LogP contribution in [0.15, 0.2) is 36.5 Å². The van der Waals surface area contributed by atoms with Crippen LogP contribution in [0.2, 0.25) is 0 Å². The third-order valence-corrected chi connectivity index (χ3v) is 10.9. The zero-order valence-electron chi connectivity index (χ0n) is 40.3. The van der Waals surface area contributed by atoms with Crippen molar-refractivity contribution in [1.82, 2.24) is 0 Å². The highest BCUT2D eigenvalue weighted by atomic mass is 16.7. The van der Waals surface area contributed by atoms with E-state index in [1.54, 1.807) is 0 Å². The minimum absolute atomic E-state index is 0.147. The summed E-state index contributed by atoms with van der Waals surface area (Å²) >= 11 is 0. The number of ether oxygens (including phenoxy) is 4. The van der Waals surface area contributed by atoms with Crippen LogP contribution in [0.1, 0.15) is 219 Å². The minimum Gasteiger partial charge on any atom is -0.545 e. The van der Waals surface area contributed by atoms with Gasteiger partial charge < -0.3 is 33.3 Å². The molecule has 0 bridgehead atoms. The topological polar surface area (TPSA) is 111 Å². The van der Waals surface area contributed by atoms with Gasteiger partial charge >= 0.3 is 11.9 Å². The number of quaternary nitrogens is 1. The molecule has 0 heterocycles. The normalized spacial score (nSPS) is 13.1. The first-order chi connectivity index (χ1) is 29.6. The second kappa shape index (κ2) is 44.1. The van der Waals surface area contributed by atoms with Gasteiger partial charge in [-0.15, -0.1) is 0 Å². The summed E-state index contributed by atoms with van der Waals surface area (Å²) in [5.74, 6) is -2.29. The molecule has 0 saturated carbocycles. The molecule has 0 aliphatic heterocycles. The summed E-state index contributed by atoms with van der Waals surface area (Å²) in [4.78, 5) is 37.0. The van der Waals surface area contributed by atoms with Crippen molar-refractivity contribution in [3.05, 3.63) is 36.5 Å². The smallest absolute Gasteiger partial charge is 0.306 e. The van der Waals surface area contributed by atoms with E-state index in [2.05, 4.69) is 50.3 Å². The van der Waals surface area contributed by atoms with Crippen molar-refractivity contribution in [2.45, 2.75) is 232 Å². The molecule has 0 aliphatic rings. The number of carboxylic acids is 1. The Hall–Kier alpha value is -2.49. The van der Waals surface area contributed by atoms with Gasteiger partial charge in [0, 0.05) is 12.8 Å². The van der Waals surface area contributed by atoms with Crippen LogP contribution in [-0.4, -0.2) is 82.3 Å². The molecular weight excluding hydrogens is 767 g/mol. The number of hydrogen-bond acceptors (Lipinski definition) is 8. The van der Waals surface area contributed by atoms with Crippen LogP contribution < -0.4 is 5.11 Å². The maximum Gasteiger partial charge on any atom is 0.306 e. The van der Waals surface area contributed by atoms with Crippen LogP contribution in [0, 0.1) is 0 Å². The van der Waals surface area contributed by atoms with Crippen molar-refractivity contribution in [2.75, 3.05) is 47.5 Å². The molecule has 0 amide bonds. The monoisotopic (exact) mass is 862 g/mol. The number of rotatable bonds is 46. The van der Waals surface area contributed by atoms with E-state index in [0.29, 0.717) is 17.4 Å². The summed E-state index contributed by atoms with van der Waals surface area (Å²) in [5.41, 5.74) is 0. The van der Waals surface area contributed by atoms with Crippen molar-refractivity contribution < 1.29 is 42.9 Å². The summed E-state index contributed by atoms with van der Waals surface area (Å²) in [6, 6.07) is 0. The molecule has 61 heavy (non-hydrogen) atoms. The number of hydrogen-bond donors (Lipinski definition) is 0. The highest BCUT2D eigenvalue weighted by molar-refractivity contribution is 5.70. The largest absolute Gasteiger partial charge is 0.545 e. The average Bonchev–Trinajstić information content (AvgIpc) is 3.22. The Bertz CT molecular complexity index is 1100. The molecule has 0 radical (unpaired) electrons. The Kier molecular flexibility index (Phi) is 42.3. The van der Waals surface area contributed by atoms with Crippen molar-refractivity contribution >= 4 is 17.9 Å². The predicted octanol–water partition coefficient (Wildman–Crippen LogP) is 12.4. The Morgan fingerprint density at radius 2 is 0.902 bits per heavy atom. The molecule has 2 unspecified atom stereocenters. The van der Waals surface area contributed by atoms with Crippen molar-refractivity contribution in [3.63, 3.8) is 0 Å². The summed E-state index contributed by atoms with van der Waals surface area (Å²) in [6.45, 7) is 4.69. The number of carboxylic acid groups (broad SMARTS) is 1. The first-order valence-corrected chi connectivity index (χ1v) is 25.1. The lowest BCUT2D eigenvalue weighted by Gasteiger charge is -2.26. The van der Waals surface area contributed by atoms with Gasteiger partial charge in [-0.3, -0.25) is 9.59 Å². The summed E-state index contributed by atoms with van der Waals surface area (Å²) < 4.78 is 22.6. The number of nitrogens with zero attached hydrogens (tertiary/aromatic N) is 1. The van der Waals surface area contributed by atoms with Crippen molar-refractivity contribution in [2.24, 2.45) is 0 Å². The fraction of sp³-hybridized carbons (Fsp3) is 0.827. The van der Waals surface area contributed by atoms with Gasteiger partial charge in [0.1, 0.15) is 13.2 Å². The van der Waals surface area contributed by atoms with Gasteiger partial charge in [-0.05, 0) is 64.2 Å². The van der Waals surface area contributed by atoms with Crippen LogP contribution in [0.25, 0.3) is 0 Å². The average molecular weight is 862 g/mol. The molecular formula is C52H95NO8. The molecule has 0 aliphatic carbocycles. The van der Waals surface area contributed by atoms with Crippen LogP contribution in [0.4, 0.5) is 0 Å². The fourth-order valence-electron chi connectivity index (χ4n) is 6.90. The molecule has 0 fully saturated rings. The number of carbonyl (C=O) groups is 3. The summed E-state index contributed by atoms with van der Waals surface area (Å²) in [7, 11) is 5.91. The van der Waals surface area contributed by atoms with E-state index in [9.17, 15) is 19.5 Å². The van der Waals surface area contributed by atoms with Crippen LogP contribution in [0.3, 0.4) is 0 Å². The van der Waals surface area contributed by atoms with Crippen LogP contribution in [-0.2, 0) is 33.3 Å². The van der Waals surface area contributed by atoms with Crippen LogP contribution >= 0.6 is 0 Å². The molecule has 0 aromatic heterocycles. The lowest BCUT2D eigenvalue weighted by Crippen LogP contribution is -2.44. The minimum atomic E-state index is -1.62. The molecule has 2 atom stereocenters. The number of aliphatic carboxylic acids is 1. The molecule has 0 saturated heterocycles. The number of unbranched alkanes of at least 4 members (excludes halogenated alkanes) is 25. The maximum absolute atomic E-state index is 12.8. The third-order valence-electron chi connectivity index (χ3n) is 10.9. The quantitative estimate of drug-likeness (QED) is 0.0196. The molecule has 0 spiro atoms. The van der Waals surface area contributed by atoms with E-state index in [-0.39, 0.29) is 38.6 Å². The lowest BCUT2D eigenvalue weighted by molar-refractivity contribution is -0.870. The zero-order chi connectivity index (χ0) is 44.9. The standard InChI is InChI=1S/C52H95NO8/c1-6-8-10-12-14-16-18-19-20-21-22-23-24-25-26-27-28-29-30-31-33-35-37-39-41-43-50(55)61-48(47-60-52(51(56)57)58-45-44-53(3,4)5)46-59-49(54)42-40-38-36-34-32-17-15-13-11-9-7-2/h13,15,18-19,21-22,48,52H,6-12,14,16-17,20,23-47H2,1-5H3/b15-13-,19-18-,22-21-. The van der Waals surface area contributed by atoms with E-state index in [0.717, 1.165) is 64.2 Å². The van der Waals surface area contributed by atoms with Gasteiger partial charge in [-0.1, -0.05) is 179 Å². The van der Waals surface area contributed by atoms with Gasteiger partial charge in [0.2, 0.25) is 0 Å². The Morgan fingerprint density at radius 1 is 0.492 bits per heavy atom. The number of likely N-dealkylation sites (N-methyl/N-ethyl adjacent to an activating group) is 1. The molecule has 0 N–H and O–H groups in total. The van der Waals surface area contributed by atoms with Gasteiger partial charge in [-0.25, -0.2) is 0 Å². The van der Waals surface area contributed by atoms with Crippen molar-refractivity contribution in [3.8, 4) is 0 Å². The first-order valence-electron chi connectivity index (χ1n) is 25.1. The summed E-state index contributed by atoms with van der Waals surface area (Å²) in [5, 5.41) is 11.7. The van der Waals surface area contributed by atoms with Crippen LogP contribution in [0.5, 0.6) is 0 Å². The number of carbonyl (C=O) groups excluding carboxylic acids is 3. The van der Waals surface area contributed by atoms with E-state index < -0.39 is 24.3 Å². The maximum atomic E-state index is 12.8. The Labute approximate surface area is 375 Å². The molecule has 9 heteroatoms. The Morgan fingerprint density at radius 3 is 1.36 bits per heavy atom. The number of esters is 2.